The van der Waals surface area contributed by atoms with Gasteiger partial charge in [0.1, 0.15) is 11.5 Å². The summed E-state index contributed by atoms with van der Waals surface area (Å²) in [6, 6.07) is 21.5. The van der Waals surface area contributed by atoms with Crippen molar-refractivity contribution in [2.45, 2.75) is 33.2 Å². The minimum absolute atomic E-state index is 0.0697. The molecule has 1 atom stereocenters. The van der Waals surface area contributed by atoms with E-state index in [4.69, 9.17) is 4.74 Å². The van der Waals surface area contributed by atoms with E-state index < -0.39 is 17.7 Å². The number of aryl methyl sites for hydroxylation is 1. The van der Waals surface area contributed by atoms with Gasteiger partial charge in [-0.2, -0.15) is 0 Å². The second-order valence-electron chi connectivity index (χ2n) is 8.68. The molecule has 1 N–H and O–H groups in total. The number of nitrogens with zero attached hydrogens (tertiary/aromatic N) is 2. The number of benzene rings is 3. The lowest BCUT2D eigenvalue weighted by atomic mass is 9.94. The highest BCUT2D eigenvalue weighted by molar-refractivity contribution is 6.51. The maximum Gasteiger partial charge on any atom is 0.300 e. The molecule has 1 aliphatic rings. The van der Waals surface area contributed by atoms with E-state index in [0.717, 1.165) is 36.3 Å². The van der Waals surface area contributed by atoms with Crippen LogP contribution in [0.25, 0.3) is 5.76 Å². The van der Waals surface area contributed by atoms with Crippen LogP contribution in [0, 0.1) is 0 Å². The Morgan fingerprint density at radius 1 is 0.889 bits per heavy atom. The standard InChI is InChI=1S/C30H32N2O4/c1-5-20-8-14-24(15-9-20)32-27(21-10-16-23(17-11-21)31(6-2)7-3)26(29(34)30(32)35)28(33)22-12-18-25(36-4)19-13-22/h8-19,27,33H,5-7H2,1-4H3/b28-26-. The van der Waals surface area contributed by atoms with Crippen LogP contribution in [-0.2, 0) is 16.0 Å². The molecule has 0 saturated carbocycles. The third-order valence-corrected chi connectivity index (χ3v) is 6.77. The van der Waals surface area contributed by atoms with Crippen molar-refractivity contribution < 1.29 is 19.4 Å². The number of rotatable bonds is 8. The first-order chi connectivity index (χ1) is 17.4. The molecule has 186 valence electrons. The van der Waals surface area contributed by atoms with Crippen molar-refractivity contribution in [1.29, 1.82) is 0 Å². The lowest BCUT2D eigenvalue weighted by Crippen LogP contribution is -2.29. The van der Waals surface area contributed by atoms with Gasteiger partial charge in [-0.05, 0) is 79.9 Å². The van der Waals surface area contributed by atoms with Gasteiger partial charge in [-0.1, -0.05) is 31.2 Å². The SMILES string of the molecule is CCc1ccc(N2C(=O)C(=O)/C(=C(\O)c3ccc(OC)cc3)C2c2ccc(N(CC)CC)cc2)cc1. The Morgan fingerprint density at radius 3 is 2.03 bits per heavy atom. The molecule has 6 nitrogen and oxygen atoms in total. The Labute approximate surface area is 212 Å². The molecule has 1 fully saturated rings. The minimum atomic E-state index is -0.759. The average molecular weight is 485 g/mol. The highest BCUT2D eigenvalue weighted by atomic mass is 16.5. The molecular formula is C30H32N2O4. The lowest BCUT2D eigenvalue weighted by molar-refractivity contribution is -0.132. The normalized spacial score (nSPS) is 16.9. The fourth-order valence-corrected chi connectivity index (χ4v) is 4.67. The molecule has 0 spiro atoms. The van der Waals surface area contributed by atoms with Crippen LogP contribution in [0.3, 0.4) is 0 Å². The van der Waals surface area contributed by atoms with Gasteiger partial charge < -0.3 is 14.7 Å². The van der Waals surface area contributed by atoms with E-state index in [2.05, 4.69) is 25.7 Å². The number of aliphatic hydroxyl groups is 1. The number of ketones is 1. The van der Waals surface area contributed by atoms with Crippen molar-refractivity contribution in [1.82, 2.24) is 0 Å². The summed E-state index contributed by atoms with van der Waals surface area (Å²) in [5, 5.41) is 11.3. The first-order valence-corrected chi connectivity index (χ1v) is 12.3. The largest absolute Gasteiger partial charge is 0.507 e. The van der Waals surface area contributed by atoms with E-state index >= 15 is 0 Å². The number of carbonyl (C=O) groups is 2. The molecule has 6 heteroatoms. The molecule has 0 bridgehead atoms. The quantitative estimate of drug-likeness (QED) is 0.251. The molecule has 1 amide bonds. The van der Waals surface area contributed by atoms with Crippen molar-refractivity contribution in [2.24, 2.45) is 0 Å². The Morgan fingerprint density at radius 2 is 1.50 bits per heavy atom. The van der Waals surface area contributed by atoms with E-state index in [-0.39, 0.29) is 11.3 Å². The molecule has 1 saturated heterocycles. The maximum absolute atomic E-state index is 13.4. The van der Waals surface area contributed by atoms with Gasteiger partial charge in [-0.25, -0.2) is 0 Å². The minimum Gasteiger partial charge on any atom is -0.507 e. The zero-order valence-electron chi connectivity index (χ0n) is 21.2. The molecule has 36 heavy (non-hydrogen) atoms. The molecular weight excluding hydrogens is 452 g/mol. The number of Topliss-reactive ketones (excluding diaryl/α,β-unsaturated/α-hetero) is 1. The number of carbonyl (C=O) groups excluding carboxylic acids is 2. The molecule has 1 heterocycles. The van der Waals surface area contributed by atoms with Gasteiger partial charge >= 0.3 is 0 Å². The first kappa shape index (κ1) is 25.0. The van der Waals surface area contributed by atoms with Crippen molar-refractivity contribution >= 4 is 28.8 Å². The summed E-state index contributed by atoms with van der Waals surface area (Å²) in [4.78, 5) is 30.4. The van der Waals surface area contributed by atoms with E-state index in [9.17, 15) is 14.7 Å². The van der Waals surface area contributed by atoms with Gasteiger partial charge in [0.05, 0.1) is 18.7 Å². The Hall–Kier alpha value is -4.06. The third kappa shape index (κ3) is 4.59. The van der Waals surface area contributed by atoms with Gasteiger partial charge in [-0.15, -0.1) is 0 Å². The zero-order valence-corrected chi connectivity index (χ0v) is 21.2. The van der Waals surface area contributed by atoms with Crippen molar-refractivity contribution in [3.63, 3.8) is 0 Å². The number of aliphatic hydroxyl groups excluding tert-OH is 1. The molecule has 3 aromatic carbocycles. The van der Waals surface area contributed by atoms with Crippen LogP contribution < -0.4 is 14.5 Å². The highest BCUT2D eigenvalue weighted by Crippen LogP contribution is 2.42. The summed E-state index contributed by atoms with van der Waals surface area (Å²) < 4.78 is 5.21. The second-order valence-corrected chi connectivity index (χ2v) is 8.68. The van der Waals surface area contributed by atoms with Crippen LogP contribution in [-0.4, -0.2) is 37.0 Å². The van der Waals surface area contributed by atoms with E-state index in [1.54, 1.807) is 31.4 Å². The second kappa shape index (κ2) is 10.7. The fourth-order valence-electron chi connectivity index (χ4n) is 4.67. The van der Waals surface area contributed by atoms with E-state index in [1.165, 1.54) is 4.90 Å². The van der Waals surface area contributed by atoms with E-state index in [1.807, 2.05) is 48.5 Å². The van der Waals surface area contributed by atoms with Crippen LogP contribution in [0.15, 0.2) is 78.4 Å². The predicted molar refractivity (Wildman–Crippen MR) is 144 cm³/mol. The van der Waals surface area contributed by atoms with Crippen LogP contribution in [0.5, 0.6) is 5.75 Å². The average Bonchev–Trinajstić information content (AvgIpc) is 3.19. The lowest BCUT2D eigenvalue weighted by Gasteiger charge is -2.27. The molecule has 1 unspecified atom stereocenters. The number of ether oxygens (including phenoxy) is 1. The Balaban J connectivity index is 1.87. The fraction of sp³-hybridized carbons (Fsp3) is 0.267. The predicted octanol–water partition coefficient (Wildman–Crippen LogP) is 5.73. The smallest absolute Gasteiger partial charge is 0.300 e. The van der Waals surface area contributed by atoms with Crippen molar-refractivity contribution in [3.05, 3.63) is 95.1 Å². The zero-order chi connectivity index (χ0) is 25.8. The molecule has 0 radical (unpaired) electrons. The van der Waals surface area contributed by atoms with Gasteiger partial charge in [0.25, 0.3) is 11.7 Å². The summed E-state index contributed by atoms with van der Waals surface area (Å²) in [5.41, 5.74) is 4.07. The maximum atomic E-state index is 13.4. The summed E-state index contributed by atoms with van der Waals surface area (Å²) in [7, 11) is 1.56. The van der Waals surface area contributed by atoms with Crippen molar-refractivity contribution in [3.8, 4) is 5.75 Å². The number of hydrogen-bond acceptors (Lipinski definition) is 5. The summed E-state index contributed by atoms with van der Waals surface area (Å²) in [6.45, 7) is 8.00. The monoisotopic (exact) mass is 484 g/mol. The number of hydrogen-bond donors (Lipinski definition) is 1. The Kier molecular flexibility index (Phi) is 7.44. The van der Waals surface area contributed by atoms with Crippen LogP contribution >= 0.6 is 0 Å². The highest BCUT2D eigenvalue weighted by Gasteiger charge is 2.47. The van der Waals surface area contributed by atoms with Crippen LogP contribution in [0.4, 0.5) is 11.4 Å². The summed E-state index contributed by atoms with van der Waals surface area (Å²) in [5.74, 6) is -0.944. The number of anilines is 2. The van der Waals surface area contributed by atoms with Crippen LogP contribution in [0.1, 0.15) is 43.5 Å². The van der Waals surface area contributed by atoms with Gasteiger partial charge in [0.15, 0.2) is 0 Å². The van der Waals surface area contributed by atoms with Gasteiger partial charge in [-0.3, -0.25) is 14.5 Å². The Bertz CT molecular complexity index is 1260. The molecule has 0 aromatic heterocycles. The van der Waals surface area contributed by atoms with Gasteiger partial charge in [0.2, 0.25) is 0 Å². The summed E-state index contributed by atoms with van der Waals surface area (Å²) in [6.07, 6.45) is 0.868. The number of amides is 1. The van der Waals surface area contributed by atoms with Crippen molar-refractivity contribution in [2.75, 3.05) is 30.0 Å². The molecule has 4 rings (SSSR count). The third-order valence-electron chi connectivity index (χ3n) is 6.77. The van der Waals surface area contributed by atoms with E-state index in [0.29, 0.717) is 17.0 Å². The molecule has 3 aromatic rings. The topological polar surface area (TPSA) is 70.1 Å². The molecule has 0 aliphatic carbocycles. The first-order valence-electron chi connectivity index (χ1n) is 12.3. The van der Waals surface area contributed by atoms with Crippen LogP contribution in [0.2, 0.25) is 0 Å². The van der Waals surface area contributed by atoms with Gasteiger partial charge in [0, 0.05) is 30.0 Å². The number of methoxy groups -OCH3 is 1. The summed E-state index contributed by atoms with van der Waals surface area (Å²) >= 11 is 0. The molecule has 1 aliphatic heterocycles.